The van der Waals surface area contributed by atoms with E-state index in [0.717, 1.165) is 29.2 Å². The quantitative estimate of drug-likeness (QED) is 0.792. The van der Waals surface area contributed by atoms with Crippen molar-refractivity contribution in [2.75, 3.05) is 0 Å². The van der Waals surface area contributed by atoms with Gasteiger partial charge in [-0.15, -0.1) is 0 Å². The fourth-order valence-electron chi connectivity index (χ4n) is 5.41. The highest BCUT2D eigenvalue weighted by molar-refractivity contribution is 5.89. The summed E-state index contributed by atoms with van der Waals surface area (Å²) in [6.07, 6.45) is 6.71. The first-order valence-electron chi connectivity index (χ1n) is 7.52. The van der Waals surface area contributed by atoms with Crippen molar-refractivity contribution < 1.29 is 9.90 Å². The molecule has 2 nitrogen and oxygen atoms in total. The van der Waals surface area contributed by atoms with Crippen LogP contribution in [0.1, 0.15) is 53.9 Å². The van der Waals surface area contributed by atoms with E-state index in [1.165, 1.54) is 32.1 Å². The molecular formula is C17H19O2. The first kappa shape index (κ1) is 11.5. The zero-order valence-electron chi connectivity index (χ0n) is 11.0. The van der Waals surface area contributed by atoms with Crippen molar-refractivity contribution in [3.05, 3.63) is 35.4 Å². The third-order valence-corrected chi connectivity index (χ3v) is 5.77. The third kappa shape index (κ3) is 1.73. The van der Waals surface area contributed by atoms with Crippen molar-refractivity contribution in [1.29, 1.82) is 0 Å². The van der Waals surface area contributed by atoms with E-state index in [4.69, 9.17) is 0 Å². The van der Waals surface area contributed by atoms with Crippen LogP contribution in [0.5, 0.6) is 0 Å². The van der Waals surface area contributed by atoms with Crippen LogP contribution in [-0.2, 0) is 5.11 Å². The Bertz CT molecular complexity index is 492. The van der Waals surface area contributed by atoms with Crippen LogP contribution in [-0.4, -0.2) is 5.97 Å². The largest absolute Gasteiger partial charge is 0.386 e. The van der Waals surface area contributed by atoms with Gasteiger partial charge in [-0.25, -0.2) is 9.90 Å². The van der Waals surface area contributed by atoms with Crippen molar-refractivity contribution in [2.24, 2.45) is 23.7 Å². The Morgan fingerprint density at radius 1 is 0.895 bits per heavy atom. The molecular weight excluding hydrogens is 236 g/mol. The van der Waals surface area contributed by atoms with Gasteiger partial charge in [0.1, 0.15) is 0 Å². The molecule has 0 N–H and O–H groups in total. The van der Waals surface area contributed by atoms with Crippen LogP contribution in [0.25, 0.3) is 0 Å². The summed E-state index contributed by atoms with van der Waals surface area (Å²) in [6.45, 7) is 0. The molecule has 4 aliphatic carbocycles. The Hall–Kier alpha value is -1.31. The Morgan fingerprint density at radius 3 is 2.05 bits per heavy atom. The summed E-state index contributed by atoms with van der Waals surface area (Å²) in [7, 11) is 0. The molecule has 4 saturated carbocycles. The Balaban J connectivity index is 1.75. The van der Waals surface area contributed by atoms with Crippen LogP contribution < -0.4 is 0 Å². The van der Waals surface area contributed by atoms with Crippen LogP contribution in [0, 0.1) is 23.7 Å². The van der Waals surface area contributed by atoms with Gasteiger partial charge < -0.3 is 0 Å². The van der Waals surface area contributed by atoms with Gasteiger partial charge in [0.15, 0.2) is 0 Å². The van der Waals surface area contributed by atoms with Crippen LogP contribution in [0.3, 0.4) is 0 Å². The highest BCUT2D eigenvalue weighted by atomic mass is 16.4. The molecule has 1 aromatic carbocycles. The molecule has 0 saturated heterocycles. The summed E-state index contributed by atoms with van der Waals surface area (Å²) in [5.41, 5.74) is 1.48. The summed E-state index contributed by atoms with van der Waals surface area (Å²) in [5.74, 6) is 2.75. The average Bonchev–Trinajstić information content (AvgIpc) is 2.37. The van der Waals surface area contributed by atoms with Crippen molar-refractivity contribution >= 4 is 5.97 Å². The van der Waals surface area contributed by atoms with Gasteiger partial charge in [-0.2, -0.15) is 0 Å². The van der Waals surface area contributed by atoms with Gasteiger partial charge in [-0.1, -0.05) is 18.2 Å². The lowest BCUT2D eigenvalue weighted by Crippen LogP contribution is -2.44. The maximum absolute atomic E-state index is 11.3. The summed E-state index contributed by atoms with van der Waals surface area (Å²) in [5, 5.41) is 11.3. The molecule has 0 aliphatic heterocycles. The number of carbonyl (C=O) groups excluding carboxylic acids is 1. The Kier molecular flexibility index (Phi) is 2.48. The number of hydrogen-bond acceptors (Lipinski definition) is 1. The molecule has 0 unspecified atom stereocenters. The fourth-order valence-corrected chi connectivity index (χ4v) is 5.41. The van der Waals surface area contributed by atoms with Crippen LogP contribution in [0.4, 0.5) is 0 Å². The lowest BCUT2D eigenvalue weighted by molar-refractivity contribution is -0.00326. The van der Waals surface area contributed by atoms with E-state index in [1.54, 1.807) is 6.07 Å². The normalized spacial score (nSPS) is 39.5. The average molecular weight is 255 g/mol. The number of rotatable bonds is 2. The lowest BCUT2D eigenvalue weighted by atomic mass is 9.50. The molecule has 4 bridgehead atoms. The van der Waals surface area contributed by atoms with Crippen molar-refractivity contribution in [2.45, 2.75) is 38.0 Å². The molecule has 0 amide bonds. The third-order valence-electron chi connectivity index (χ3n) is 5.77. The summed E-state index contributed by atoms with van der Waals surface area (Å²) in [6, 6.07) is 7.53. The molecule has 2 heteroatoms. The monoisotopic (exact) mass is 255 g/mol. The second-order valence-corrected chi connectivity index (χ2v) is 6.83. The van der Waals surface area contributed by atoms with Gasteiger partial charge in [-0.3, -0.25) is 0 Å². The molecule has 0 atom stereocenters. The second kappa shape index (κ2) is 4.09. The number of benzene rings is 1. The minimum Gasteiger partial charge on any atom is -0.241 e. The molecule has 99 valence electrons. The lowest BCUT2D eigenvalue weighted by Gasteiger charge is -2.54. The second-order valence-electron chi connectivity index (χ2n) is 6.83. The zero-order chi connectivity index (χ0) is 13.0. The first-order valence-corrected chi connectivity index (χ1v) is 7.52. The SMILES string of the molecule is [O]C(=O)c1ccccc1C1C2CC3CC(C2)CC1C3. The number of hydrogen-bond donors (Lipinski definition) is 0. The van der Waals surface area contributed by atoms with E-state index >= 15 is 0 Å². The minimum absolute atomic E-state index is 0.431. The molecule has 5 rings (SSSR count). The molecule has 1 aromatic rings. The van der Waals surface area contributed by atoms with Gasteiger partial charge in [0.25, 0.3) is 0 Å². The molecule has 19 heavy (non-hydrogen) atoms. The van der Waals surface area contributed by atoms with Crippen LogP contribution in [0.2, 0.25) is 0 Å². The molecule has 4 fully saturated rings. The Morgan fingerprint density at radius 2 is 1.47 bits per heavy atom. The highest BCUT2D eigenvalue weighted by Gasteiger charge is 2.49. The van der Waals surface area contributed by atoms with Gasteiger partial charge in [-0.05, 0) is 73.3 Å². The molecule has 1 radical (unpaired) electrons. The standard InChI is InChI=1S/C17H19O2/c18-17(19)15-4-2-1-3-14(15)16-12-6-10-5-11(8-12)9-13(16)7-10/h1-4,10-13,16H,5-9H2. The van der Waals surface area contributed by atoms with Gasteiger partial charge >= 0.3 is 5.97 Å². The molecule has 0 aromatic heterocycles. The van der Waals surface area contributed by atoms with Gasteiger partial charge in [0, 0.05) is 0 Å². The van der Waals surface area contributed by atoms with E-state index in [-0.39, 0.29) is 0 Å². The van der Waals surface area contributed by atoms with Crippen LogP contribution >= 0.6 is 0 Å². The summed E-state index contributed by atoms with van der Waals surface area (Å²) < 4.78 is 0. The minimum atomic E-state index is -1.01. The number of carbonyl (C=O) groups is 1. The molecule has 0 heterocycles. The van der Waals surface area contributed by atoms with Crippen molar-refractivity contribution in [3.63, 3.8) is 0 Å². The Labute approximate surface area is 113 Å². The maximum atomic E-state index is 11.3. The first-order chi connectivity index (χ1) is 9.22. The molecule has 4 aliphatic rings. The van der Waals surface area contributed by atoms with Crippen LogP contribution in [0.15, 0.2) is 24.3 Å². The van der Waals surface area contributed by atoms with Crippen molar-refractivity contribution in [1.82, 2.24) is 0 Å². The van der Waals surface area contributed by atoms with E-state index in [2.05, 4.69) is 0 Å². The topological polar surface area (TPSA) is 37.0 Å². The predicted octanol–water partition coefficient (Wildman–Crippen LogP) is 3.80. The highest BCUT2D eigenvalue weighted by Crippen LogP contribution is 2.60. The van der Waals surface area contributed by atoms with Crippen molar-refractivity contribution in [3.8, 4) is 0 Å². The van der Waals surface area contributed by atoms with Gasteiger partial charge in [0.2, 0.25) is 0 Å². The fraction of sp³-hybridized carbons (Fsp3) is 0.588. The zero-order valence-corrected chi connectivity index (χ0v) is 11.0. The van der Waals surface area contributed by atoms with E-state index in [9.17, 15) is 9.90 Å². The van der Waals surface area contributed by atoms with Gasteiger partial charge in [0.05, 0.1) is 5.56 Å². The van der Waals surface area contributed by atoms with E-state index in [1.807, 2.05) is 18.2 Å². The summed E-state index contributed by atoms with van der Waals surface area (Å²) >= 11 is 0. The van der Waals surface area contributed by atoms with E-state index in [0.29, 0.717) is 11.5 Å². The summed E-state index contributed by atoms with van der Waals surface area (Å²) in [4.78, 5) is 11.3. The maximum Gasteiger partial charge on any atom is 0.386 e. The molecule has 0 spiro atoms. The predicted molar refractivity (Wildman–Crippen MR) is 71.2 cm³/mol. The smallest absolute Gasteiger partial charge is 0.241 e. The van der Waals surface area contributed by atoms with E-state index < -0.39 is 5.97 Å².